The second-order valence-electron chi connectivity index (χ2n) is 7.82. The Kier molecular flexibility index (Phi) is 7.84. The lowest BCUT2D eigenvalue weighted by Gasteiger charge is -2.30. The van der Waals surface area contributed by atoms with Gasteiger partial charge in [-0.25, -0.2) is 0 Å². The third kappa shape index (κ3) is 5.71. The van der Waals surface area contributed by atoms with Crippen LogP contribution in [0.2, 0.25) is 0 Å². The van der Waals surface area contributed by atoms with Crippen molar-refractivity contribution in [1.82, 2.24) is 9.80 Å². The van der Waals surface area contributed by atoms with Crippen LogP contribution >= 0.6 is 22.7 Å². The normalized spacial score (nSPS) is 13.3. The van der Waals surface area contributed by atoms with E-state index in [0.717, 1.165) is 43.1 Å². The van der Waals surface area contributed by atoms with Gasteiger partial charge in [-0.2, -0.15) is 0 Å². The first-order chi connectivity index (χ1) is 15.7. The van der Waals surface area contributed by atoms with Gasteiger partial charge in [0.1, 0.15) is 6.61 Å². The summed E-state index contributed by atoms with van der Waals surface area (Å²) in [5, 5.41) is 4.18. The van der Waals surface area contributed by atoms with E-state index in [0.29, 0.717) is 26.3 Å². The van der Waals surface area contributed by atoms with Gasteiger partial charge in [0.25, 0.3) is 0 Å². The number of ether oxygens (including phenoxy) is 2. The van der Waals surface area contributed by atoms with Gasteiger partial charge < -0.3 is 14.4 Å². The van der Waals surface area contributed by atoms with Gasteiger partial charge in [0.15, 0.2) is 11.5 Å². The molecule has 1 aromatic carbocycles. The Morgan fingerprint density at radius 2 is 2.00 bits per heavy atom. The number of hydrogen-bond donors (Lipinski definition) is 0. The summed E-state index contributed by atoms with van der Waals surface area (Å²) in [6, 6.07) is 12.3. The third-order valence-corrected chi connectivity index (χ3v) is 7.50. The molecule has 0 saturated carbocycles. The Bertz CT molecular complexity index is 1020. The van der Waals surface area contributed by atoms with Crippen molar-refractivity contribution in [1.29, 1.82) is 0 Å². The Labute approximate surface area is 198 Å². The van der Waals surface area contributed by atoms with Crippen molar-refractivity contribution in [3.05, 3.63) is 68.0 Å². The van der Waals surface area contributed by atoms with Crippen LogP contribution < -0.4 is 9.47 Å². The maximum absolute atomic E-state index is 13.0. The first-order valence-corrected chi connectivity index (χ1v) is 12.9. The van der Waals surface area contributed by atoms with E-state index in [2.05, 4.69) is 40.8 Å². The molecule has 170 valence electrons. The van der Waals surface area contributed by atoms with Crippen LogP contribution in [0.4, 0.5) is 0 Å². The fourth-order valence-corrected chi connectivity index (χ4v) is 5.38. The lowest BCUT2D eigenvalue weighted by atomic mass is 10.1. The van der Waals surface area contributed by atoms with Gasteiger partial charge in [0.05, 0.1) is 13.2 Å². The zero-order valence-corrected chi connectivity index (χ0v) is 20.3. The summed E-state index contributed by atoms with van der Waals surface area (Å²) in [5.41, 5.74) is 2.42. The summed E-state index contributed by atoms with van der Waals surface area (Å²) in [7, 11) is 0. The molecule has 2 aromatic heterocycles. The van der Waals surface area contributed by atoms with E-state index in [4.69, 9.17) is 9.47 Å². The molecule has 1 aliphatic rings. The first-order valence-electron chi connectivity index (χ1n) is 11.1. The molecule has 0 saturated heterocycles. The highest BCUT2D eigenvalue weighted by molar-refractivity contribution is 7.10. The second-order valence-corrected chi connectivity index (χ2v) is 9.85. The van der Waals surface area contributed by atoms with E-state index < -0.39 is 0 Å². The average molecular weight is 471 g/mol. The van der Waals surface area contributed by atoms with Crippen molar-refractivity contribution < 1.29 is 14.3 Å². The lowest BCUT2D eigenvalue weighted by Crippen LogP contribution is -2.42. The molecule has 0 bridgehead atoms. The zero-order valence-electron chi connectivity index (χ0n) is 18.7. The number of rotatable bonds is 10. The molecule has 3 heterocycles. The number of carbonyl (C=O) groups excluding carboxylic acids is 1. The monoisotopic (exact) mass is 470 g/mol. The van der Waals surface area contributed by atoms with Gasteiger partial charge in [0.2, 0.25) is 5.91 Å². The predicted octanol–water partition coefficient (Wildman–Crippen LogP) is 5.19. The van der Waals surface area contributed by atoms with Crippen LogP contribution in [0.25, 0.3) is 0 Å². The molecule has 0 spiro atoms. The van der Waals surface area contributed by atoms with Crippen LogP contribution in [0, 0.1) is 0 Å². The minimum Gasteiger partial charge on any atom is -0.490 e. The Balaban J connectivity index is 1.37. The van der Waals surface area contributed by atoms with Crippen LogP contribution in [-0.4, -0.2) is 41.9 Å². The SMILES string of the molecule is CCOc1cc(CN(CC)CC(=O)N2CCc3sccc3C2)ccc1OCc1cccs1. The second kappa shape index (κ2) is 11.0. The van der Waals surface area contributed by atoms with Crippen molar-refractivity contribution in [2.75, 3.05) is 26.2 Å². The number of amides is 1. The lowest BCUT2D eigenvalue weighted by molar-refractivity contribution is -0.133. The summed E-state index contributed by atoms with van der Waals surface area (Å²) >= 11 is 3.48. The van der Waals surface area contributed by atoms with Crippen molar-refractivity contribution in [2.24, 2.45) is 0 Å². The molecule has 0 unspecified atom stereocenters. The fourth-order valence-electron chi connectivity index (χ4n) is 3.87. The molecule has 5 nitrogen and oxygen atoms in total. The molecule has 4 rings (SSSR count). The molecule has 0 fully saturated rings. The predicted molar refractivity (Wildman–Crippen MR) is 131 cm³/mol. The zero-order chi connectivity index (χ0) is 22.3. The maximum Gasteiger partial charge on any atom is 0.237 e. The number of likely N-dealkylation sites (N-methyl/N-ethyl adjacent to an activating group) is 1. The Morgan fingerprint density at radius 3 is 2.78 bits per heavy atom. The summed E-state index contributed by atoms with van der Waals surface area (Å²) in [4.78, 5) is 19.7. The molecule has 32 heavy (non-hydrogen) atoms. The highest BCUT2D eigenvalue weighted by atomic mass is 32.1. The van der Waals surface area contributed by atoms with Gasteiger partial charge in [0, 0.05) is 29.4 Å². The third-order valence-electron chi connectivity index (χ3n) is 5.63. The molecular formula is C25H30N2O3S2. The minimum absolute atomic E-state index is 0.199. The summed E-state index contributed by atoms with van der Waals surface area (Å²) in [6.45, 7) is 8.68. The highest BCUT2D eigenvalue weighted by Crippen LogP contribution is 2.30. The number of thiophene rings is 2. The maximum atomic E-state index is 13.0. The van der Waals surface area contributed by atoms with Gasteiger partial charge in [-0.05, 0) is 66.0 Å². The summed E-state index contributed by atoms with van der Waals surface area (Å²) in [6.07, 6.45) is 0.968. The topological polar surface area (TPSA) is 42.0 Å². The number of hydrogen-bond acceptors (Lipinski definition) is 6. The number of fused-ring (bicyclic) bond motifs is 1. The van der Waals surface area contributed by atoms with Crippen molar-refractivity contribution in [3.8, 4) is 11.5 Å². The van der Waals surface area contributed by atoms with Crippen LogP contribution in [0.3, 0.4) is 0 Å². The van der Waals surface area contributed by atoms with Crippen molar-refractivity contribution in [2.45, 2.75) is 40.0 Å². The van der Waals surface area contributed by atoms with E-state index in [9.17, 15) is 4.79 Å². The molecule has 1 aliphatic heterocycles. The fraction of sp³-hybridized carbons (Fsp3) is 0.400. The molecule has 0 radical (unpaired) electrons. The van der Waals surface area contributed by atoms with Crippen LogP contribution in [0.1, 0.15) is 34.7 Å². The average Bonchev–Trinajstić information content (AvgIpc) is 3.49. The van der Waals surface area contributed by atoms with Crippen LogP contribution in [0.5, 0.6) is 11.5 Å². The summed E-state index contributed by atoms with van der Waals surface area (Å²) in [5.74, 6) is 1.71. The van der Waals surface area contributed by atoms with E-state index in [1.807, 2.05) is 30.0 Å². The standard InChI is InChI=1S/C25H30N2O3S2/c1-3-26(17-25(28)27-11-9-24-20(16-27)10-13-32-24)15-19-7-8-22(23(14-19)29-4-2)30-18-21-6-5-12-31-21/h5-8,10,12-14H,3-4,9,11,15-18H2,1-2H3. The van der Waals surface area contributed by atoms with Crippen LogP contribution in [-0.2, 0) is 30.9 Å². The Morgan fingerprint density at radius 1 is 1.09 bits per heavy atom. The largest absolute Gasteiger partial charge is 0.490 e. The van der Waals surface area contributed by atoms with E-state index in [1.165, 1.54) is 15.3 Å². The van der Waals surface area contributed by atoms with Gasteiger partial charge in [-0.3, -0.25) is 9.69 Å². The van der Waals surface area contributed by atoms with Crippen LogP contribution in [0.15, 0.2) is 47.2 Å². The number of carbonyl (C=O) groups is 1. The molecule has 1 amide bonds. The smallest absolute Gasteiger partial charge is 0.237 e. The van der Waals surface area contributed by atoms with Gasteiger partial charge in [-0.15, -0.1) is 22.7 Å². The van der Waals surface area contributed by atoms with Gasteiger partial charge in [-0.1, -0.05) is 19.1 Å². The number of nitrogens with zero attached hydrogens (tertiary/aromatic N) is 2. The molecule has 0 aliphatic carbocycles. The molecule has 0 N–H and O–H groups in total. The molecular weight excluding hydrogens is 440 g/mol. The highest BCUT2D eigenvalue weighted by Gasteiger charge is 2.23. The van der Waals surface area contributed by atoms with E-state index in [1.54, 1.807) is 22.7 Å². The molecule has 3 aromatic rings. The van der Waals surface area contributed by atoms with E-state index in [-0.39, 0.29) is 5.91 Å². The van der Waals surface area contributed by atoms with E-state index >= 15 is 0 Å². The minimum atomic E-state index is 0.199. The van der Waals surface area contributed by atoms with Crippen molar-refractivity contribution >= 4 is 28.6 Å². The molecule has 0 atom stereocenters. The quantitative estimate of drug-likeness (QED) is 0.409. The number of benzene rings is 1. The molecule has 7 heteroatoms. The van der Waals surface area contributed by atoms with Gasteiger partial charge >= 0.3 is 0 Å². The van der Waals surface area contributed by atoms with Crippen molar-refractivity contribution in [3.63, 3.8) is 0 Å². The first kappa shape index (κ1) is 22.8. The summed E-state index contributed by atoms with van der Waals surface area (Å²) < 4.78 is 11.8. The Hall–Kier alpha value is -2.35.